The predicted molar refractivity (Wildman–Crippen MR) is 61.7 cm³/mol. The van der Waals surface area contributed by atoms with E-state index >= 15 is 0 Å². The van der Waals surface area contributed by atoms with Crippen molar-refractivity contribution in [1.82, 2.24) is 10.6 Å². The molecule has 0 aliphatic rings. The van der Waals surface area contributed by atoms with Crippen LogP contribution in [-0.2, 0) is 0 Å². The summed E-state index contributed by atoms with van der Waals surface area (Å²) < 4.78 is 39.2. The van der Waals surface area contributed by atoms with Crippen LogP contribution in [0.15, 0.2) is 12.1 Å². The summed E-state index contributed by atoms with van der Waals surface area (Å²) in [5, 5.41) is 5.32. The van der Waals surface area contributed by atoms with Crippen molar-refractivity contribution in [3.63, 3.8) is 0 Å². The number of rotatable bonds is 5. The van der Waals surface area contributed by atoms with E-state index in [9.17, 15) is 18.0 Å². The number of carbonyl (C=O) groups excluding carboxylic acids is 1. The molecule has 0 saturated carbocycles. The molecule has 1 aromatic carbocycles. The van der Waals surface area contributed by atoms with Gasteiger partial charge in [-0.1, -0.05) is 6.92 Å². The lowest BCUT2D eigenvalue weighted by Gasteiger charge is -2.12. The third-order valence-corrected chi connectivity index (χ3v) is 2.40. The summed E-state index contributed by atoms with van der Waals surface area (Å²) in [7, 11) is 1.76. The molecule has 0 fully saturated rings. The molecule has 1 atom stereocenters. The first-order valence-electron chi connectivity index (χ1n) is 5.53. The molecule has 0 aliphatic carbocycles. The van der Waals surface area contributed by atoms with E-state index in [0.29, 0.717) is 18.7 Å². The molecule has 0 spiro atoms. The number of amides is 1. The Morgan fingerprint density at radius 2 is 1.78 bits per heavy atom. The average Bonchev–Trinajstić information content (AvgIpc) is 2.25. The molecule has 0 radical (unpaired) electrons. The Morgan fingerprint density at radius 1 is 1.22 bits per heavy atom. The van der Waals surface area contributed by atoms with Crippen LogP contribution >= 0.6 is 0 Å². The first-order valence-corrected chi connectivity index (χ1v) is 5.53. The van der Waals surface area contributed by atoms with Crippen LogP contribution in [0.25, 0.3) is 0 Å². The summed E-state index contributed by atoms with van der Waals surface area (Å²) in [6.07, 6.45) is 0. The van der Waals surface area contributed by atoms with Crippen LogP contribution in [-0.4, -0.2) is 26.0 Å². The van der Waals surface area contributed by atoms with Crippen LogP contribution in [0, 0.1) is 23.4 Å². The number of benzene rings is 1. The molecule has 0 aliphatic heterocycles. The number of hydrogen-bond acceptors (Lipinski definition) is 2. The second-order valence-electron chi connectivity index (χ2n) is 4.12. The zero-order chi connectivity index (χ0) is 13.7. The van der Waals surface area contributed by atoms with Gasteiger partial charge in [0.15, 0.2) is 0 Å². The van der Waals surface area contributed by atoms with Crippen LogP contribution in [0.3, 0.4) is 0 Å². The van der Waals surface area contributed by atoms with Crippen LogP contribution in [0.2, 0.25) is 0 Å². The van der Waals surface area contributed by atoms with Gasteiger partial charge in [0.25, 0.3) is 5.91 Å². The van der Waals surface area contributed by atoms with Gasteiger partial charge in [-0.2, -0.15) is 0 Å². The molecule has 18 heavy (non-hydrogen) atoms. The van der Waals surface area contributed by atoms with Crippen molar-refractivity contribution < 1.29 is 18.0 Å². The first kappa shape index (κ1) is 14.5. The molecule has 0 bridgehead atoms. The van der Waals surface area contributed by atoms with Crippen molar-refractivity contribution in [2.75, 3.05) is 20.1 Å². The lowest BCUT2D eigenvalue weighted by atomic mass is 10.1. The van der Waals surface area contributed by atoms with E-state index in [2.05, 4.69) is 10.6 Å². The molecule has 6 heteroatoms. The zero-order valence-corrected chi connectivity index (χ0v) is 10.2. The average molecular weight is 260 g/mol. The van der Waals surface area contributed by atoms with Gasteiger partial charge in [-0.05, 0) is 19.5 Å². The lowest BCUT2D eigenvalue weighted by molar-refractivity contribution is 0.0939. The summed E-state index contributed by atoms with van der Waals surface area (Å²) in [6.45, 7) is 2.80. The Bertz CT molecular complexity index is 414. The molecule has 1 rings (SSSR count). The molecule has 100 valence electrons. The fraction of sp³-hybridized carbons (Fsp3) is 0.417. The summed E-state index contributed by atoms with van der Waals surface area (Å²) >= 11 is 0. The molecule has 0 aromatic heterocycles. The van der Waals surface area contributed by atoms with E-state index in [1.165, 1.54) is 0 Å². The van der Waals surface area contributed by atoms with Crippen molar-refractivity contribution in [3.05, 3.63) is 35.1 Å². The Hall–Kier alpha value is -1.56. The highest BCUT2D eigenvalue weighted by molar-refractivity contribution is 5.94. The first-order chi connectivity index (χ1) is 8.45. The largest absolute Gasteiger partial charge is 0.352 e. The molecule has 2 N–H and O–H groups in total. The minimum atomic E-state index is -1.20. The molecular weight excluding hydrogens is 245 g/mol. The van der Waals surface area contributed by atoms with E-state index in [1.807, 2.05) is 6.92 Å². The van der Waals surface area contributed by atoms with Crippen LogP contribution < -0.4 is 10.6 Å². The Morgan fingerprint density at radius 3 is 2.28 bits per heavy atom. The normalized spacial score (nSPS) is 12.3. The second-order valence-corrected chi connectivity index (χ2v) is 4.12. The Labute approximate surface area is 103 Å². The van der Waals surface area contributed by atoms with Gasteiger partial charge in [0, 0.05) is 18.7 Å². The summed E-state index contributed by atoms with van der Waals surface area (Å²) in [6, 6.07) is 0.962. The highest BCUT2D eigenvalue weighted by Gasteiger charge is 2.19. The Kier molecular flexibility index (Phi) is 5.15. The third kappa shape index (κ3) is 3.73. The smallest absolute Gasteiger partial charge is 0.257 e. The predicted octanol–water partition coefficient (Wildman–Crippen LogP) is 1.69. The lowest BCUT2D eigenvalue weighted by Crippen LogP contribution is -2.33. The van der Waals surface area contributed by atoms with E-state index < -0.39 is 28.9 Å². The molecule has 3 nitrogen and oxygen atoms in total. The number of carbonyl (C=O) groups is 1. The summed E-state index contributed by atoms with van der Waals surface area (Å²) in [4.78, 5) is 11.6. The minimum Gasteiger partial charge on any atom is -0.352 e. The van der Waals surface area contributed by atoms with Gasteiger partial charge in [0.05, 0.1) is 0 Å². The van der Waals surface area contributed by atoms with Gasteiger partial charge < -0.3 is 10.6 Å². The highest BCUT2D eigenvalue weighted by atomic mass is 19.1. The molecular formula is C12H15F3N2O. The maximum atomic E-state index is 13.3. The molecule has 1 amide bonds. The number of nitrogens with one attached hydrogen (secondary N) is 2. The number of hydrogen-bond donors (Lipinski definition) is 2. The van der Waals surface area contributed by atoms with Gasteiger partial charge in [0.2, 0.25) is 0 Å². The van der Waals surface area contributed by atoms with E-state index in [4.69, 9.17) is 0 Å². The quantitative estimate of drug-likeness (QED) is 0.846. The molecule has 1 unspecified atom stereocenters. The van der Waals surface area contributed by atoms with Gasteiger partial charge in [-0.25, -0.2) is 13.2 Å². The fourth-order valence-corrected chi connectivity index (χ4v) is 1.54. The van der Waals surface area contributed by atoms with E-state index in [-0.39, 0.29) is 12.5 Å². The summed E-state index contributed by atoms with van der Waals surface area (Å²) in [5.41, 5.74) is -0.756. The third-order valence-electron chi connectivity index (χ3n) is 2.40. The van der Waals surface area contributed by atoms with Gasteiger partial charge >= 0.3 is 0 Å². The highest BCUT2D eigenvalue weighted by Crippen LogP contribution is 2.14. The van der Waals surface area contributed by atoms with E-state index in [1.54, 1.807) is 7.05 Å². The maximum absolute atomic E-state index is 13.3. The van der Waals surface area contributed by atoms with Crippen molar-refractivity contribution in [1.29, 1.82) is 0 Å². The SMILES string of the molecule is CNCC(C)CNC(=O)c1c(F)cc(F)cc1F. The fourth-order valence-electron chi connectivity index (χ4n) is 1.54. The Balaban J connectivity index is 2.73. The zero-order valence-electron chi connectivity index (χ0n) is 10.2. The van der Waals surface area contributed by atoms with Crippen LogP contribution in [0.1, 0.15) is 17.3 Å². The minimum absolute atomic E-state index is 0.116. The number of halogens is 3. The standard InChI is InChI=1S/C12H15F3N2O/c1-7(5-16-2)6-17-12(18)11-9(14)3-8(13)4-10(11)15/h3-4,7,16H,5-6H2,1-2H3,(H,17,18). The van der Waals surface area contributed by atoms with Crippen LogP contribution in [0.5, 0.6) is 0 Å². The van der Waals surface area contributed by atoms with Crippen molar-refractivity contribution >= 4 is 5.91 Å². The van der Waals surface area contributed by atoms with Crippen molar-refractivity contribution in [2.45, 2.75) is 6.92 Å². The molecule has 1 aromatic rings. The molecule has 0 saturated heterocycles. The topological polar surface area (TPSA) is 41.1 Å². The van der Waals surface area contributed by atoms with Gasteiger partial charge in [-0.3, -0.25) is 4.79 Å². The summed E-state index contributed by atoms with van der Waals surface area (Å²) in [5.74, 6) is -4.22. The maximum Gasteiger partial charge on any atom is 0.257 e. The second kappa shape index (κ2) is 6.39. The van der Waals surface area contributed by atoms with Crippen molar-refractivity contribution in [3.8, 4) is 0 Å². The van der Waals surface area contributed by atoms with Crippen molar-refractivity contribution in [2.24, 2.45) is 5.92 Å². The van der Waals surface area contributed by atoms with Crippen LogP contribution in [0.4, 0.5) is 13.2 Å². The van der Waals surface area contributed by atoms with Gasteiger partial charge in [0.1, 0.15) is 23.0 Å². The molecule has 0 heterocycles. The van der Waals surface area contributed by atoms with Gasteiger partial charge in [-0.15, -0.1) is 0 Å². The monoisotopic (exact) mass is 260 g/mol. The van der Waals surface area contributed by atoms with E-state index in [0.717, 1.165) is 0 Å².